The molecule has 2 nitrogen and oxygen atoms in total. The van der Waals surface area contributed by atoms with Crippen molar-refractivity contribution in [3.05, 3.63) is 47.1 Å². The van der Waals surface area contributed by atoms with Crippen molar-refractivity contribution in [1.29, 1.82) is 0 Å². The van der Waals surface area contributed by atoms with E-state index in [0.717, 1.165) is 21.7 Å². The minimum atomic E-state index is 0.770. The van der Waals surface area contributed by atoms with Crippen LogP contribution in [0.15, 0.2) is 36.4 Å². The van der Waals surface area contributed by atoms with E-state index in [4.69, 9.17) is 0 Å². The van der Waals surface area contributed by atoms with Crippen LogP contribution in [0.5, 0.6) is 0 Å². The molecule has 0 fully saturated rings. The summed E-state index contributed by atoms with van der Waals surface area (Å²) in [5.41, 5.74) is 7.87. The van der Waals surface area contributed by atoms with Gasteiger partial charge in [0, 0.05) is 0 Å². The van der Waals surface area contributed by atoms with Crippen LogP contribution in [0.1, 0.15) is 0 Å². The Hall–Kier alpha value is -2.14. The van der Waals surface area contributed by atoms with Gasteiger partial charge in [0.15, 0.2) is 0 Å². The van der Waals surface area contributed by atoms with Crippen LogP contribution in [-0.2, 0) is 0 Å². The molecule has 2 aromatic rings. The molecule has 3 rings (SSSR count). The lowest BCUT2D eigenvalue weighted by atomic mass is 10.3. The third kappa shape index (κ3) is 0.997. The SMILES string of the molecule is C1=CC=C=c2nc3ccccc3nc2=1. The Kier molecular flexibility index (Phi) is 1.39. The number of nitrogens with zero attached hydrogens (tertiary/aromatic N) is 2. The molecule has 1 aromatic carbocycles. The number of allylic oxidation sites excluding steroid dienone is 2. The summed E-state index contributed by atoms with van der Waals surface area (Å²) in [6.45, 7) is 0. The summed E-state index contributed by atoms with van der Waals surface area (Å²) in [7, 11) is 0. The summed E-state index contributed by atoms with van der Waals surface area (Å²) in [4.78, 5) is 8.86. The molecule has 64 valence electrons. The summed E-state index contributed by atoms with van der Waals surface area (Å²) in [6, 6.07) is 7.80. The van der Waals surface area contributed by atoms with Gasteiger partial charge in [0.25, 0.3) is 0 Å². The average molecular weight is 178 g/mol. The minimum Gasteiger partial charge on any atom is -0.235 e. The molecule has 1 heterocycles. The number of rotatable bonds is 0. The first-order chi connectivity index (χ1) is 6.93. The summed E-state index contributed by atoms with van der Waals surface area (Å²) in [5, 5.41) is 1.54. The van der Waals surface area contributed by atoms with Crippen molar-refractivity contribution in [2.45, 2.75) is 0 Å². The maximum atomic E-state index is 4.43. The molecule has 0 saturated heterocycles. The van der Waals surface area contributed by atoms with Crippen LogP contribution in [0.2, 0.25) is 0 Å². The van der Waals surface area contributed by atoms with Crippen LogP contribution in [-0.4, -0.2) is 9.97 Å². The Bertz CT molecular complexity index is 638. The molecule has 1 aliphatic carbocycles. The van der Waals surface area contributed by atoms with E-state index in [0.29, 0.717) is 0 Å². The fraction of sp³-hybridized carbons (Fsp3) is 0. The van der Waals surface area contributed by atoms with Gasteiger partial charge in [0.05, 0.1) is 11.0 Å². The number of hydrogen-bond donors (Lipinski definition) is 0. The maximum Gasteiger partial charge on any atom is 0.139 e. The second-order valence-corrected chi connectivity index (χ2v) is 3.03. The van der Waals surface area contributed by atoms with Crippen molar-refractivity contribution in [2.24, 2.45) is 0 Å². The molecular weight excluding hydrogens is 172 g/mol. The van der Waals surface area contributed by atoms with E-state index in [-0.39, 0.29) is 0 Å². The fourth-order valence-electron chi connectivity index (χ4n) is 1.44. The largest absolute Gasteiger partial charge is 0.235 e. The first kappa shape index (κ1) is 7.28. The molecule has 0 saturated carbocycles. The maximum absolute atomic E-state index is 4.43. The Morgan fingerprint density at radius 1 is 0.786 bits per heavy atom. The predicted octanol–water partition coefficient (Wildman–Crippen LogP) is 0.515. The predicted molar refractivity (Wildman–Crippen MR) is 54.7 cm³/mol. The standard InChI is InChI=1S/C12H6N2/c1-2-6-10-9(5-1)13-11-7-3-4-8-12(11)14-10/h1-6H. The zero-order valence-electron chi connectivity index (χ0n) is 7.36. The second-order valence-electron chi connectivity index (χ2n) is 3.03. The average Bonchev–Trinajstić information content (AvgIpc) is 2.26. The normalized spacial score (nSPS) is 12.0. The van der Waals surface area contributed by atoms with Crippen molar-refractivity contribution in [1.82, 2.24) is 9.97 Å². The van der Waals surface area contributed by atoms with E-state index in [1.807, 2.05) is 24.3 Å². The van der Waals surface area contributed by atoms with Crippen molar-refractivity contribution in [3.8, 4) is 0 Å². The van der Waals surface area contributed by atoms with Gasteiger partial charge in [-0.25, -0.2) is 9.97 Å². The van der Waals surface area contributed by atoms with Crippen LogP contribution >= 0.6 is 0 Å². The second kappa shape index (κ2) is 2.68. The highest BCUT2D eigenvalue weighted by Crippen LogP contribution is 2.02. The van der Waals surface area contributed by atoms with Crippen LogP contribution in [0, 0.1) is 0 Å². The molecular formula is C12H6N2. The van der Waals surface area contributed by atoms with Gasteiger partial charge < -0.3 is 0 Å². The smallest absolute Gasteiger partial charge is 0.139 e. The van der Waals surface area contributed by atoms with E-state index in [2.05, 4.69) is 21.4 Å². The Morgan fingerprint density at radius 2 is 1.29 bits per heavy atom. The number of fused-ring (bicyclic) bond motifs is 2. The number of aromatic nitrogens is 2. The Labute approximate surface area is 80.2 Å². The summed E-state index contributed by atoms with van der Waals surface area (Å²) < 4.78 is 0. The topological polar surface area (TPSA) is 25.8 Å². The van der Waals surface area contributed by atoms with Gasteiger partial charge in [-0.1, -0.05) is 23.6 Å². The van der Waals surface area contributed by atoms with Crippen LogP contribution in [0.4, 0.5) is 0 Å². The van der Waals surface area contributed by atoms with Gasteiger partial charge in [-0.05, 0) is 24.3 Å². The van der Waals surface area contributed by atoms with E-state index < -0.39 is 0 Å². The molecule has 1 aromatic heterocycles. The molecule has 0 spiro atoms. The fourth-order valence-corrected chi connectivity index (χ4v) is 1.44. The van der Waals surface area contributed by atoms with Crippen LogP contribution in [0.3, 0.4) is 0 Å². The number of para-hydroxylation sites is 2. The highest BCUT2D eigenvalue weighted by Gasteiger charge is 1.95. The van der Waals surface area contributed by atoms with Gasteiger partial charge in [-0.15, -0.1) is 0 Å². The molecule has 0 bridgehead atoms. The lowest BCUT2D eigenvalue weighted by molar-refractivity contribution is 1.17. The van der Waals surface area contributed by atoms with Gasteiger partial charge in [-0.2, -0.15) is 0 Å². The first-order valence-corrected chi connectivity index (χ1v) is 4.38. The van der Waals surface area contributed by atoms with Gasteiger partial charge in [-0.3, -0.25) is 0 Å². The molecule has 1 aliphatic rings. The van der Waals surface area contributed by atoms with Crippen molar-refractivity contribution in [2.75, 3.05) is 0 Å². The quantitative estimate of drug-likeness (QED) is 0.587. The molecule has 2 heteroatoms. The van der Waals surface area contributed by atoms with E-state index >= 15 is 0 Å². The minimum absolute atomic E-state index is 0.770. The molecule has 0 unspecified atom stereocenters. The van der Waals surface area contributed by atoms with E-state index in [1.54, 1.807) is 12.2 Å². The van der Waals surface area contributed by atoms with Gasteiger partial charge in [0.1, 0.15) is 10.7 Å². The van der Waals surface area contributed by atoms with Crippen molar-refractivity contribution in [3.63, 3.8) is 0 Å². The Morgan fingerprint density at radius 3 is 1.79 bits per heavy atom. The third-order valence-electron chi connectivity index (χ3n) is 2.09. The molecule has 14 heavy (non-hydrogen) atoms. The molecule has 0 atom stereocenters. The van der Waals surface area contributed by atoms with E-state index in [1.165, 1.54) is 0 Å². The molecule has 0 amide bonds. The van der Waals surface area contributed by atoms with Crippen LogP contribution < -0.4 is 10.7 Å². The monoisotopic (exact) mass is 178 g/mol. The van der Waals surface area contributed by atoms with Crippen molar-refractivity contribution >= 4 is 22.5 Å². The van der Waals surface area contributed by atoms with E-state index in [9.17, 15) is 0 Å². The highest BCUT2D eigenvalue weighted by molar-refractivity contribution is 5.73. The zero-order valence-corrected chi connectivity index (χ0v) is 7.36. The van der Waals surface area contributed by atoms with Gasteiger partial charge in [0.2, 0.25) is 0 Å². The first-order valence-electron chi connectivity index (χ1n) is 4.38. The lowest BCUT2D eigenvalue weighted by Gasteiger charge is -1.94. The summed E-state index contributed by atoms with van der Waals surface area (Å²) in [5.74, 6) is 0. The van der Waals surface area contributed by atoms with Crippen molar-refractivity contribution < 1.29 is 0 Å². The molecule has 0 radical (unpaired) electrons. The summed E-state index contributed by atoms with van der Waals surface area (Å²) in [6.07, 6.45) is 3.59. The Balaban J connectivity index is 2.66. The van der Waals surface area contributed by atoms with Gasteiger partial charge >= 0.3 is 0 Å². The zero-order chi connectivity index (χ0) is 9.38. The molecule has 0 N–H and O–H groups in total. The molecule has 0 aliphatic heterocycles. The number of hydrogen-bond acceptors (Lipinski definition) is 2. The highest BCUT2D eigenvalue weighted by atomic mass is 14.8. The summed E-state index contributed by atoms with van der Waals surface area (Å²) >= 11 is 0. The number of benzene rings is 1. The lowest BCUT2D eigenvalue weighted by Crippen LogP contribution is -2.30. The van der Waals surface area contributed by atoms with Crippen LogP contribution in [0.25, 0.3) is 22.5 Å². The third-order valence-corrected chi connectivity index (χ3v) is 2.09.